The molecule has 0 radical (unpaired) electrons. The van der Waals surface area contributed by atoms with E-state index in [4.69, 9.17) is 4.74 Å². The molecule has 0 bridgehead atoms. The van der Waals surface area contributed by atoms with E-state index in [1.165, 1.54) is 11.1 Å². The van der Waals surface area contributed by atoms with Gasteiger partial charge in [0.2, 0.25) is 0 Å². The van der Waals surface area contributed by atoms with Crippen LogP contribution in [0.3, 0.4) is 0 Å². The minimum atomic E-state index is 0.873. The number of hydrogen-bond donors (Lipinski definition) is 1. The Morgan fingerprint density at radius 1 is 0.800 bits per heavy atom. The molecule has 0 saturated carbocycles. The normalized spacial score (nSPS) is 15.3. The summed E-state index contributed by atoms with van der Waals surface area (Å²) in [6.45, 7) is 2.15. The Bertz CT molecular complexity index is 572. The zero-order chi connectivity index (χ0) is 13.6. The van der Waals surface area contributed by atoms with Crippen LogP contribution in [0.25, 0.3) is 5.57 Å². The molecule has 0 fully saturated rings. The van der Waals surface area contributed by atoms with Crippen molar-refractivity contribution in [2.24, 2.45) is 0 Å². The molecule has 2 nitrogen and oxygen atoms in total. The summed E-state index contributed by atoms with van der Waals surface area (Å²) in [6, 6.07) is 18.3. The van der Waals surface area contributed by atoms with Crippen LogP contribution in [-0.4, -0.2) is 13.1 Å². The molecule has 0 atom stereocenters. The maximum atomic E-state index is 5.81. The molecule has 2 aromatic rings. The predicted molar refractivity (Wildman–Crippen MR) is 83.0 cm³/mol. The summed E-state index contributed by atoms with van der Waals surface area (Å²) in [5.41, 5.74) is 2.73. The largest absolute Gasteiger partial charge is 0.457 e. The number of nitrogens with one attached hydrogen (secondary N) is 1. The lowest BCUT2D eigenvalue weighted by Gasteiger charge is -2.08. The van der Waals surface area contributed by atoms with Crippen LogP contribution in [-0.2, 0) is 0 Å². The van der Waals surface area contributed by atoms with Crippen molar-refractivity contribution in [3.8, 4) is 11.5 Å². The molecule has 1 N–H and O–H groups in total. The summed E-state index contributed by atoms with van der Waals surface area (Å²) in [7, 11) is 0. The molecule has 0 unspecified atom stereocenters. The zero-order valence-electron chi connectivity index (χ0n) is 11.5. The Balaban J connectivity index is 1.72. The first kappa shape index (κ1) is 12.9. The first-order valence-corrected chi connectivity index (χ1v) is 7.15. The summed E-state index contributed by atoms with van der Waals surface area (Å²) >= 11 is 0. The summed E-state index contributed by atoms with van der Waals surface area (Å²) in [6.07, 6.45) is 4.55. The van der Waals surface area contributed by atoms with Crippen LogP contribution in [0.2, 0.25) is 0 Å². The number of para-hydroxylation sites is 1. The average molecular weight is 265 g/mol. The minimum Gasteiger partial charge on any atom is -0.457 e. The van der Waals surface area contributed by atoms with Crippen molar-refractivity contribution in [1.29, 1.82) is 0 Å². The number of hydrogen-bond acceptors (Lipinski definition) is 2. The highest BCUT2D eigenvalue weighted by Gasteiger charge is 2.05. The Kier molecular flexibility index (Phi) is 4.14. The Morgan fingerprint density at radius 3 is 2.35 bits per heavy atom. The summed E-state index contributed by atoms with van der Waals surface area (Å²) in [5.74, 6) is 1.76. The SMILES string of the molecule is C1=C(c2ccc(Oc3ccccc3)cc2)CCNCC1. The molecule has 20 heavy (non-hydrogen) atoms. The molecule has 3 rings (SSSR count). The maximum absolute atomic E-state index is 5.81. The minimum absolute atomic E-state index is 0.873. The second-order valence-electron chi connectivity index (χ2n) is 4.96. The molecule has 1 aliphatic heterocycles. The van der Waals surface area contributed by atoms with Gasteiger partial charge in [0.1, 0.15) is 11.5 Å². The number of rotatable bonds is 3. The van der Waals surface area contributed by atoms with Crippen LogP contribution < -0.4 is 10.1 Å². The molecule has 0 aromatic heterocycles. The highest BCUT2D eigenvalue weighted by atomic mass is 16.5. The Morgan fingerprint density at radius 2 is 1.55 bits per heavy atom. The number of benzene rings is 2. The van der Waals surface area contributed by atoms with E-state index in [1.807, 2.05) is 42.5 Å². The van der Waals surface area contributed by atoms with E-state index in [0.29, 0.717) is 0 Å². The smallest absolute Gasteiger partial charge is 0.127 e. The van der Waals surface area contributed by atoms with Crippen LogP contribution in [0.1, 0.15) is 18.4 Å². The van der Waals surface area contributed by atoms with Crippen molar-refractivity contribution < 1.29 is 4.74 Å². The van der Waals surface area contributed by atoms with Crippen molar-refractivity contribution in [2.45, 2.75) is 12.8 Å². The quantitative estimate of drug-likeness (QED) is 0.896. The van der Waals surface area contributed by atoms with Gasteiger partial charge in [-0.3, -0.25) is 0 Å². The van der Waals surface area contributed by atoms with E-state index in [-0.39, 0.29) is 0 Å². The van der Waals surface area contributed by atoms with Crippen LogP contribution in [0, 0.1) is 0 Å². The van der Waals surface area contributed by atoms with Crippen molar-refractivity contribution in [3.05, 3.63) is 66.2 Å². The number of ether oxygens (including phenoxy) is 1. The van der Waals surface area contributed by atoms with Gasteiger partial charge in [-0.15, -0.1) is 0 Å². The third-order valence-electron chi connectivity index (χ3n) is 3.49. The Hall–Kier alpha value is -2.06. The Labute approximate surface area is 120 Å². The van der Waals surface area contributed by atoms with Crippen molar-refractivity contribution in [1.82, 2.24) is 5.32 Å². The standard InChI is InChI=1S/C18H19NO/c1-2-6-17(7-3-1)20-18-10-8-16(9-11-18)15-5-4-13-19-14-12-15/h1-3,5-11,19H,4,12-14H2. The van der Waals surface area contributed by atoms with Crippen molar-refractivity contribution in [3.63, 3.8) is 0 Å². The van der Waals surface area contributed by atoms with Crippen LogP contribution in [0.15, 0.2) is 60.7 Å². The van der Waals surface area contributed by atoms with Crippen molar-refractivity contribution in [2.75, 3.05) is 13.1 Å². The van der Waals surface area contributed by atoms with Crippen LogP contribution in [0.5, 0.6) is 11.5 Å². The fraction of sp³-hybridized carbons (Fsp3) is 0.222. The fourth-order valence-corrected chi connectivity index (χ4v) is 2.42. The predicted octanol–water partition coefficient (Wildman–Crippen LogP) is 4.25. The zero-order valence-corrected chi connectivity index (χ0v) is 11.5. The van der Waals surface area contributed by atoms with E-state index in [1.54, 1.807) is 0 Å². The van der Waals surface area contributed by atoms with Gasteiger partial charge in [0.15, 0.2) is 0 Å². The van der Waals surface area contributed by atoms with Crippen LogP contribution in [0.4, 0.5) is 0 Å². The molecule has 1 aliphatic rings. The van der Waals surface area contributed by atoms with Gasteiger partial charge in [0, 0.05) is 0 Å². The van der Waals surface area contributed by atoms with Gasteiger partial charge in [-0.2, -0.15) is 0 Å². The lowest BCUT2D eigenvalue weighted by molar-refractivity contribution is 0.482. The maximum Gasteiger partial charge on any atom is 0.127 e. The van der Waals surface area contributed by atoms with Gasteiger partial charge in [0.05, 0.1) is 0 Å². The molecule has 2 heteroatoms. The molecule has 102 valence electrons. The molecule has 2 aromatic carbocycles. The lowest BCUT2D eigenvalue weighted by Crippen LogP contribution is -2.13. The van der Waals surface area contributed by atoms with Crippen LogP contribution >= 0.6 is 0 Å². The van der Waals surface area contributed by atoms with Gasteiger partial charge in [-0.05, 0) is 61.3 Å². The van der Waals surface area contributed by atoms with Gasteiger partial charge < -0.3 is 10.1 Å². The molecule has 0 saturated heterocycles. The average Bonchev–Trinajstić information content (AvgIpc) is 2.78. The third kappa shape index (κ3) is 3.28. The molecule has 0 amide bonds. The van der Waals surface area contributed by atoms with Crippen molar-refractivity contribution >= 4 is 5.57 Å². The van der Waals surface area contributed by atoms with E-state index in [0.717, 1.165) is 37.4 Å². The van der Waals surface area contributed by atoms with Gasteiger partial charge in [0.25, 0.3) is 0 Å². The van der Waals surface area contributed by atoms with E-state index < -0.39 is 0 Å². The molecule has 0 aliphatic carbocycles. The third-order valence-corrected chi connectivity index (χ3v) is 3.49. The molecular formula is C18H19NO. The monoisotopic (exact) mass is 265 g/mol. The first-order valence-electron chi connectivity index (χ1n) is 7.15. The second kappa shape index (κ2) is 6.40. The van der Waals surface area contributed by atoms with E-state index >= 15 is 0 Å². The first-order chi connectivity index (χ1) is 9.92. The topological polar surface area (TPSA) is 21.3 Å². The summed E-state index contributed by atoms with van der Waals surface area (Å²) in [4.78, 5) is 0. The second-order valence-corrected chi connectivity index (χ2v) is 4.96. The van der Waals surface area contributed by atoms with E-state index in [2.05, 4.69) is 23.5 Å². The van der Waals surface area contributed by atoms with E-state index in [9.17, 15) is 0 Å². The summed E-state index contributed by atoms with van der Waals surface area (Å²) < 4.78 is 5.81. The molecule has 0 spiro atoms. The van der Waals surface area contributed by atoms with Gasteiger partial charge >= 0.3 is 0 Å². The fourth-order valence-electron chi connectivity index (χ4n) is 2.42. The van der Waals surface area contributed by atoms with Gasteiger partial charge in [-0.25, -0.2) is 0 Å². The molecule has 1 heterocycles. The lowest BCUT2D eigenvalue weighted by atomic mass is 10.0. The molecular weight excluding hydrogens is 246 g/mol. The summed E-state index contributed by atoms with van der Waals surface area (Å²) in [5, 5.41) is 3.41. The highest BCUT2D eigenvalue weighted by molar-refractivity contribution is 5.66. The highest BCUT2D eigenvalue weighted by Crippen LogP contribution is 2.25. The van der Waals surface area contributed by atoms with Gasteiger partial charge in [-0.1, -0.05) is 36.4 Å².